The van der Waals surface area contributed by atoms with Crippen LogP contribution >= 0.6 is 0 Å². The third kappa shape index (κ3) is 2.55. The number of benzene rings is 1. The summed E-state index contributed by atoms with van der Waals surface area (Å²) >= 11 is 0. The van der Waals surface area contributed by atoms with Crippen molar-refractivity contribution in [3.05, 3.63) is 35.7 Å². The van der Waals surface area contributed by atoms with Crippen LogP contribution in [0.3, 0.4) is 0 Å². The van der Waals surface area contributed by atoms with Crippen LogP contribution in [-0.4, -0.2) is 34.4 Å². The van der Waals surface area contributed by atoms with Crippen LogP contribution < -0.4 is 0 Å². The highest BCUT2D eigenvalue weighted by Crippen LogP contribution is 2.27. The van der Waals surface area contributed by atoms with E-state index in [1.165, 1.54) is 6.07 Å². The number of carboxylic acid groups (broad SMARTS) is 1. The Balaban J connectivity index is 1.85. The number of ether oxygens (including phenoxy) is 1. The first kappa shape index (κ1) is 12.8. The molecule has 1 aromatic carbocycles. The molecule has 2 heterocycles. The topological polar surface area (TPSA) is 85.5 Å². The van der Waals surface area contributed by atoms with Gasteiger partial charge in [0.15, 0.2) is 0 Å². The van der Waals surface area contributed by atoms with Crippen molar-refractivity contribution >= 4 is 5.97 Å². The summed E-state index contributed by atoms with van der Waals surface area (Å²) < 4.78 is 10.6. The van der Waals surface area contributed by atoms with Gasteiger partial charge < -0.3 is 14.4 Å². The third-order valence-corrected chi connectivity index (χ3v) is 3.38. The number of rotatable bonds is 3. The van der Waals surface area contributed by atoms with E-state index in [1.807, 2.05) is 0 Å². The zero-order chi connectivity index (χ0) is 13.9. The molecule has 20 heavy (non-hydrogen) atoms. The summed E-state index contributed by atoms with van der Waals surface area (Å²) in [6.07, 6.45) is 1.74. The Bertz CT molecular complexity index is 617. The molecule has 3 rings (SSSR count). The van der Waals surface area contributed by atoms with Crippen LogP contribution in [0.4, 0.5) is 0 Å². The van der Waals surface area contributed by atoms with Gasteiger partial charge in [0, 0.05) is 24.7 Å². The van der Waals surface area contributed by atoms with Crippen molar-refractivity contribution in [2.24, 2.45) is 0 Å². The van der Waals surface area contributed by atoms with Gasteiger partial charge in [0.25, 0.3) is 0 Å². The number of carbonyl (C=O) groups is 1. The van der Waals surface area contributed by atoms with Gasteiger partial charge in [-0.1, -0.05) is 17.3 Å². The van der Waals surface area contributed by atoms with Crippen molar-refractivity contribution in [2.75, 3.05) is 13.2 Å². The van der Waals surface area contributed by atoms with Crippen LogP contribution in [0.25, 0.3) is 11.4 Å². The van der Waals surface area contributed by atoms with E-state index in [0.717, 1.165) is 12.8 Å². The average molecular weight is 274 g/mol. The van der Waals surface area contributed by atoms with Gasteiger partial charge in [0.05, 0.1) is 5.56 Å². The minimum atomic E-state index is -0.972. The smallest absolute Gasteiger partial charge is 0.335 e. The Morgan fingerprint density at radius 3 is 2.85 bits per heavy atom. The number of carboxylic acids is 1. The molecule has 0 radical (unpaired) electrons. The van der Waals surface area contributed by atoms with E-state index in [-0.39, 0.29) is 11.5 Å². The SMILES string of the molecule is O=C(O)c1cccc(-c2noc(C3CCOCC3)n2)c1. The predicted octanol–water partition coefficient (Wildman–Crippen LogP) is 2.33. The lowest BCUT2D eigenvalue weighted by atomic mass is 10.0. The summed E-state index contributed by atoms with van der Waals surface area (Å²) in [5.74, 6) is 0.284. The minimum Gasteiger partial charge on any atom is -0.478 e. The van der Waals surface area contributed by atoms with Gasteiger partial charge in [-0.25, -0.2) is 4.79 Å². The van der Waals surface area contributed by atoms with Crippen molar-refractivity contribution in [2.45, 2.75) is 18.8 Å². The molecule has 0 amide bonds. The molecule has 0 atom stereocenters. The summed E-state index contributed by atoms with van der Waals surface area (Å²) in [7, 11) is 0. The largest absolute Gasteiger partial charge is 0.478 e. The maximum absolute atomic E-state index is 11.0. The standard InChI is InChI=1S/C14H14N2O4/c17-14(18)11-3-1-2-10(8-11)12-15-13(20-16-12)9-4-6-19-7-5-9/h1-3,8-9H,4-7H2,(H,17,18). The number of aromatic carboxylic acids is 1. The molecule has 1 aromatic heterocycles. The highest BCUT2D eigenvalue weighted by Gasteiger charge is 2.22. The van der Waals surface area contributed by atoms with Crippen LogP contribution in [-0.2, 0) is 4.74 Å². The number of hydrogen-bond acceptors (Lipinski definition) is 5. The number of aromatic nitrogens is 2. The van der Waals surface area contributed by atoms with Gasteiger partial charge in [-0.05, 0) is 25.0 Å². The van der Waals surface area contributed by atoms with Crippen LogP contribution in [0.2, 0.25) is 0 Å². The molecule has 0 spiro atoms. The molecule has 0 unspecified atom stereocenters. The van der Waals surface area contributed by atoms with E-state index in [4.69, 9.17) is 14.4 Å². The summed E-state index contributed by atoms with van der Waals surface area (Å²) in [6, 6.07) is 6.51. The Hall–Kier alpha value is -2.21. The highest BCUT2D eigenvalue weighted by atomic mass is 16.5. The van der Waals surface area contributed by atoms with E-state index in [1.54, 1.807) is 18.2 Å². The van der Waals surface area contributed by atoms with Crippen molar-refractivity contribution in [1.29, 1.82) is 0 Å². The molecule has 0 bridgehead atoms. The van der Waals surface area contributed by atoms with Gasteiger partial charge in [-0.3, -0.25) is 0 Å². The van der Waals surface area contributed by atoms with E-state index in [2.05, 4.69) is 10.1 Å². The van der Waals surface area contributed by atoms with Crippen molar-refractivity contribution in [3.8, 4) is 11.4 Å². The molecule has 6 nitrogen and oxygen atoms in total. The van der Waals surface area contributed by atoms with Crippen LogP contribution in [0.1, 0.15) is 35.0 Å². The second-order valence-corrected chi connectivity index (χ2v) is 4.73. The van der Waals surface area contributed by atoms with E-state index < -0.39 is 5.97 Å². The molecular weight excluding hydrogens is 260 g/mol. The van der Waals surface area contributed by atoms with Crippen molar-refractivity contribution in [1.82, 2.24) is 10.1 Å². The second kappa shape index (κ2) is 5.42. The quantitative estimate of drug-likeness (QED) is 0.924. The monoisotopic (exact) mass is 274 g/mol. The lowest BCUT2D eigenvalue weighted by Gasteiger charge is -2.17. The first-order valence-electron chi connectivity index (χ1n) is 6.49. The fraction of sp³-hybridized carbons (Fsp3) is 0.357. The maximum Gasteiger partial charge on any atom is 0.335 e. The Kier molecular flexibility index (Phi) is 3.47. The molecular formula is C14H14N2O4. The molecule has 1 aliphatic rings. The first-order valence-corrected chi connectivity index (χ1v) is 6.49. The molecule has 104 valence electrons. The molecule has 1 fully saturated rings. The summed E-state index contributed by atoms with van der Waals surface area (Å²) in [4.78, 5) is 15.3. The van der Waals surface area contributed by atoms with Crippen LogP contribution in [0, 0.1) is 0 Å². The van der Waals surface area contributed by atoms with Crippen molar-refractivity contribution in [3.63, 3.8) is 0 Å². The third-order valence-electron chi connectivity index (χ3n) is 3.38. The van der Waals surface area contributed by atoms with Gasteiger partial charge in [-0.15, -0.1) is 0 Å². The number of hydrogen-bond donors (Lipinski definition) is 1. The molecule has 2 aromatic rings. The van der Waals surface area contributed by atoms with Gasteiger partial charge in [0.1, 0.15) is 0 Å². The lowest BCUT2D eigenvalue weighted by molar-refractivity contribution is 0.0697. The number of nitrogens with zero attached hydrogens (tertiary/aromatic N) is 2. The van der Waals surface area contributed by atoms with Gasteiger partial charge >= 0.3 is 5.97 Å². The molecule has 1 saturated heterocycles. The molecule has 0 saturated carbocycles. The van der Waals surface area contributed by atoms with Crippen LogP contribution in [0.5, 0.6) is 0 Å². The zero-order valence-corrected chi connectivity index (χ0v) is 10.8. The van der Waals surface area contributed by atoms with Gasteiger partial charge in [0.2, 0.25) is 11.7 Å². The Morgan fingerprint density at radius 1 is 1.30 bits per heavy atom. The maximum atomic E-state index is 11.0. The van der Waals surface area contributed by atoms with Crippen molar-refractivity contribution < 1.29 is 19.2 Å². The second-order valence-electron chi connectivity index (χ2n) is 4.73. The van der Waals surface area contributed by atoms with Crippen LogP contribution in [0.15, 0.2) is 28.8 Å². The average Bonchev–Trinajstić information content (AvgIpc) is 2.98. The fourth-order valence-corrected chi connectivity index (χ4v) is 2.25. The molecule has 0 aliphatic carbocycles. The molecule has 1 N–H and O–H groups in total. The Morgan fingerprint density at radius 2 is 2.10 bits per heavy atom. The highest BCUT2D eigenvalue weighted by molar-refractivity contribution is 5.89. The summed E-state index contributed by atoms with van der Waals surface area (Å²) in [5.41, 5.74) is 0.854. The first-order chi connectivity index (χ1) is 9.74. The zero-order valence-electron chi connectivity index (χ0n) is 10.8. The lowest BCUT2D eigenvalue weighted by Crippen LogP contribution is -2.14. The van der Waals surface area contributed by atoms with Gasteiger partial charge in [-0.2, -0.15) is 4.98 Å². The molecule has 6 heteroatoms. The van der Waals surface area contributed by atoms with E-state index >= 15 is 0 Å². The van der Waals surface area contributed by atoms with E-state index in [9.17, 15) is 4.79 Å². The summed E-state index contributed by atoms with van der Waals surface area (Å²) in [5, 5.41) is 12.9. The van der Waals surface area contributed by atoms with E-state index in [0.29, 0.717) is 30.5 Å². The summed E-state index contributed by atoms with van der Waals surface area (Å²) in [6.45, 7) is 1.41. The molecule has 1 aliphatic heterocycles. The fourth-order valence-electron chi connectivity index (χ4n) is 2.25. The Labute approximate surface area is 115 Å². The predicted molar refractivity (Wildman–Crippen MR) is 69.5 cm³/mol. The normalized spacial score (nSPS) is 16.2. The minimum absolute atomic E-state index is 0.208.